The van der Waals surface area contributed by atoms with E-state index in [1.165, 1.54) is 11.8 Å². The highest BCUT2D eigenvalue weighted by Crippen LogP contribution is 2.44. The molecule has 118 valence electrons. The molecule has 0 spiro atoms. The molecule has 6 heteroatoms. The molecule has 2 amide bonds. The number of aliphatic hydroxyl groups is 1. The largest absolute Gasteiger partial charge is 0.444 e. The number of β-lactam (4-membered cyclic amide) rings is 1. The van der Waals surface area contributed by atoms with Crippen LogP contribution in [0.3, 0.4) is 0 Å². The summed E-state index contributed by atoms with van der Waals surface area (Å²) in [5, 5.41) is 10.2. The van der Waals surface area contributed by atoms with E-state index in [2.05, 4.69) is 0 Å². The van der Waals surface area contributed by atoms with Gasteiger partial charge in [-0.1, -0.05) is 30.3 Å². The molecular formula is C16H20N2O4. The molecule has 0 bridgehead atoms. The Morgan fingerprint density at radius 1 is 1.32 bits per heavy atom. The zero-order valence-corrected chi connectivity index (χ0v) is 12.9. The maximum atomic E-state index is 12.3. The summed E-state index contributed by atoms with van der Waals surface area (Å²) in [4.78, 5) is 27.4. The molecule has 0 radical (unpaired) electrons. The van der Waals surface area contributed by atoms with Crippen LogP contribution in [-0.4, -0.2) is 50.8 Å². The quantitative estimate of drug-likeness (QED) is 0.837. The van der Waals surface area contributed by atoms with E-state index in [4.69, 9.17) is 4.74 Å². The van der Waals surface area contributed by atoms with Crippen LogP contribution in [0.4, 0.5) is 4.79 Å². The highest BCUT2D eigenvalue weighted by Gasteiger charge is 2.68. The minimum Gasteiger partial charge on any atom is -0.444 e. The van der Waals surface area contributed by atoms with Crippen LogP contribution < -0.4 is 0 Å². The number of rotatable bonds is 2. The Morgan fingerprint density at radius 3 is 2.59 bits per heavy atom. The molecule has 2 saturated heterocycles. The van der Waals surface area contributed by atoms with Gasteiger partial charge in [0.25, 0.3) is 5.91 Å². The van der Waals surface area contributed by atoms with Crippen LogP contribution in [0.2, 0.25) is 0 Å². The fraction of sp³-hybridized carbons (Fsp3) is 0.500. The van der Waals surface area contributed by atoms with Gasteiger partial charge in [-0.2, -0.15) is 0 Å². The van der Waals surface area contributed by atoms with Crippen molar-refractivity contribution in [2.75, 3.05) is 6.54 Å². The van der Waals surface area contributed by atoms with Gasteiger partial charge in [0.15, 0.2) is 5.60 Å². The van der Waals surface area contributed by atoms with Crippen molar-refractivity contribution in [1.29, 1.82) is 0 Å². The third kappa shape index (κ3) is 2.06. The Morgan fingerprint density at radius 2 is 1.95 bits per heavy atom. The van der Waals surface area contributed by atoms with Crippen LogP contribution in [-0.2, 0) is 16.1 Å². The van der Waals surface area contributed by atoms with Crippen LogP contribution in [0.5, 0.6) is 0 Å². The molecule has 0 aromatic heterocycles. The fourth-order valence-corrected chi connectivity index (χ4v) is 3.25. The third-order valence-corrected chi connectivity index (χ3v) is 4.34. The van der Waals surface area contributed by atoms with E-state index in [1.807, 2.05) is 44.2 Å². The number of fused-ring (bicyclic) bond motifs is 1. The molecule has 2 aliphatic heterocycles. The molecule has 0 saturated carbocycles. The number of amides is 2. The number of nitrogens with zero attached hydrogens (tertiary/aromatic N) is 2. The van der Waals surface area contributed by atoms with Crippen molar-refractivity contribution in [3.05, 3.63) is 35.9 Å². The van der Waals surface area contributed by atoms with Crippen molar-refractivity contribution < 1.29 is 19.4 Å². The SMILES string of the molecule is CC1(C)CN(C(=O)OCc2ccccc2)[C@H]2N1C(=O)[C@]2(C)O. The summed E-state index contributed by atoms with van der Waals surface area (Å²) in [7, 11) is 0. The minimum absolute atomic E-state index is 0.166. The summed E-state index contributed by atoms with van der Waals surface area (Å²) in [5.74, 6) is -0.346. The Bertz CT molecular complexity index is 612. The molecular weight excluding hydrogens is 284 g/mol. The second-order valence-corrected chi connectivity index (χ2v) is 6.68. The summed E-state index contributed by atoms with van der Waals surface area (Å²) in [6.45, 7) is 5.69. The van der Waals surface area contributed by atoms with Gasteiger partial charge in [0.1, 0.15) is 12.8 Å². The molecule has 22 heavy (non-hydrogen) atoms. The van der Waals surface area contributed by atoms with Crippen LogP contribution in [0.25, 0.3) is 0 Å². The molecule has 2 fully saturated rings. The van der Waals surface area contributed by atoms with Crippen LogP contribution in [0.1, 0.15) is 26.3 Å². The molecule has 1 aromatic rings. The van der Waals surface area contributed by atoms with Crippen molar-refractivity contribution in [3.63, 3.8) is 0 Å². The first-order chi connectivity index (χ1) is 10.2. The van der Waals surface area contributed by atoms with Crippen molar-refractivity contribution in [3.8, 4) is 0 Å². The molecule has 2 atom stereocenters. The molecule has 1 N–H and O–H groups in total. The topological polar surface area (TPSA) is 70.1 Å². The maximum absolute atomic E-state index is 12.3. The van der Waals surface area contributed by atoms with Gasteiger partial charge < -0.3 is 14.7 Å². The van der Waals surface area contributed by atoms with E-state index < -0.39 is 23.4 Å². The lowest BCUT2D eigenvalue weighted by Gasteiger charge is -2.52. The second kappa shape index (κ2) is 4.71. The van der Waals surface area contributed by atoms with Crippen molar-refractivity contribution >= 4 is 12.0 Å². The van der Waals surface area contributed by atoms with E-state index in [0.717, 1.165) is 5.56 Å². The standard InChI is InChI=1S/C16H20N2O4/c1-15(2)10-17(12-16(3,21)13(19)18(12)15)14(20)22-9-11-7-5-4-6-8-11/h4-8,12,21H,9-10H2,1-3H3/t12-,16+/m0/s1. The second-order valence-electron chi connectivity index (χ2n) is 6.68. The van der Waals surface area contributed by atoms with Gasteiger partial charge in [-0.05, 0) is 26.3 Å². The number of carbonyl (C=O) groups excluding carboxylic acids is 2. The Kier molecular flexibility index (Phi) is 3.18. The van der Waals surface area contributed by atoms with Gasteiger partial charge in [-0.25, -0.2) is 4.79 Å². The maximum Gasteiger partial charge on any atom is 0.411 e. The molecule has 6 nitrogen and oxygen atoms in total. The van der Waals surface area contributed by atoms with E-state index in [1.54, 1.807) is 4.90 Å². The van der Waals surface area contributed by atoms with Crippen LogP contribution >= 0.6 is 0 Å². The number of ether oxygens (including phenoxy) is 1. The average Bonchev–Trinajstić information content (AvgIpc) is 2.76. The van der Waals surface area contributed by atoms with Crippen LogP contribution in [0.15, 0.2) is 30.3 Å². The van der Waals surface area contributed by atoms with Crippen molar-refractivity contribution in [1.82, 2.24) is 9.80 Å². The highest BCUT2D eigenvalue weighted by molar-refractivity contribution is 5.95. The lowest BCUT2D eigenvalue weighted by atomic mass is 9.87. The number of hydrogen-bond donors (Lipinski definition) is 1. The van der Waals surface area contributed by atoms with E-state index in [0.29, 0.717) is 6.54 Å². The van der Waals surface area contributed by atoms with Gasteiger partial charge in [-0.3, -0.25) is 9.69 Å². The molecule has 0 aliphatic carbocycles. The van der Waals surface area contributed by atoms with Crippen molar-refractivity contribution in [2.45, 2.75) is 44.7 Å². The monoisotopic (exact) mass is 304 g/mol. The Labute approximate surface area is 129 Å². The molecule has 3 rings (SSSR count). The zero-order chi connectivity index (χ0) is 16.1. The molecule has 2 heterocycles. The van der Waals surface area contributed by atoms with E-state index >= 15 is 0 Å². The highest BCUT2D eigenvalue weighted by atomic mass is 16.6. The Balaban J connectivity index is 1.72. The number of carbonyl (C=O) groups is 2. The molecule has 1 aromatic carbocycles. The van der Waals surface area contributed by atoms with Gasteiger partial charge in [0, 0.05) is 6.54 Å². The third-order valence-electron chi connectivity index (χ3n) is 4.34. The first-order valence-electron chi connectivity index (χ1n) is 7.28. The van der Waals surface area contributed by atoms with Crippen LogP contribution in [0, 0.1) is 0 Å². The van der Waals surface area contributed by atoms with Gasteiger partial charge in [-0.15, -0.1) is 0 Å². The van der Waals surface area contributed by atoms with Gasteiger partial charge in [0.2, 0.25) is 0 Å². The zero-order valence-electron chi connectivity index (χ0n) is 12.9. The summed E-state index contributed by atoms with van der Waals surface area (Å²) in [6.07, 6.45) is -1.17. The lowest BCUT2D eigenvalue weighted by Crippen LogP contribution is -2.76. The summed E-state index contributed by atoms with van der Waals surface area (Å²) >= 11 is 0. The lowest BCUT2D eigenvalue weighted by molar-refractivity contribution is -0.200. The summed E-state index contributed by atoms with van der Waals surface area (Å²) < 4.78 is 5.32. The number of benzene rings is 1. The first kappa shape index (κ1) is 14.8. The first-order valence-corrected chi connectivity index (χ1v) is 7.28. The predicted molar refractivity (Wildman–Crippen MR) is 78.7 cm³/mol. The van der Waals surface area contributed by atoms with E-state index in [-0.39, 0.29) is 12.5 Å². The summed E-state index contributed by atoms with van der Waals surface area (Å²) in [6, 6.07) is 9.38. The number of hydrogen-bond acceptors (Lipinski definition) is 4. The predicted octanol–water partition coefficient (Wildman–Crippen LogP) is 1.34. The summed E-state index contributed by atoms with van der Waals surface area (Å²) in [5.41, 5.74) is -1.16. The van der Waals surface area contributed by atoms with Crippen molar-refractivity contribution in [2.24, 2.45) is 0 Å². The van der Waals surface area contributed by atoms with Gasteiger partial charge >= 0.3 is 6.09 Å². The normalized spacial score (nSPS) is 29.1. The minimum atomic E-state index is -1.54. The fourth-order valence-electron chi connectivity index (χ4n) is 3.25. The smallest absolute Gasteiger partial charge is 0.411 e. The molecule has 2 aliphatic rings. The average molecular weight is 304 g/mol. The Hall–Kier alpha value is -2.08. The van der Waals surface area contributed by atoms with Gasteiger partial charge in [0.05, 0.1) is 5.54 Å². The van der Waals surface area contributed by atoms with E-state index in [9.17, 15) is 14.7 Å². The molecule has 0 unspecified atom stereocenters.